The monoisotopic (exact) mass is 265 g/mol. The van der Waals surface area contributed by atoms with E-state index in [0.717, 1.165) is 0 Å². The lowest BCUT2D eigenvalue weighted by molar-refractivity contribution is -0.116. The van der Waals surface area contributed by atoms with Crippen LogP contribution in [0.5, 0.6) is 0 Å². The Labute approximate surface area is 112 Å². The molecule has 2 amide bonds. The molecular weight excluding hydrogens is 246 g/mol. The molecule has 1 aromatic carbocycles. The van der Waals surface area contributed by atoms with Crippen LogP contribution in [0.25, 0.3) is 0 Å². The Morgan fingerprint density at radius 1 is 1.21 bits per heavy atom. The fourth-order valence-corrected chi connectivity index (χ4v) is 1.46. The van der Waals surface area contributed by atoms with Crippen molar-refractivity contribution in [2.45, 2.75) is 12.8 Å². The summed E-state index contributed by atoms with van der Waals surface area (Å²) in [5.41, 5.74) is 6.44. The molecule has 0 spiro atoms. The van der Waals surface area contributed by atoms with E-state index < -0.39 is 0 Å². The van der Waals surface area contributed by atoms with Crippen LogP contribution in [0.1, 0.15) is 23.2 Å². The predicted octanol–water partition coefficient (Wildman–Crippen LogP) is 0.0861. The van der Waals surface area contributed by atoms with E-state index in [-0.39, 0.29) is 25.0 Å². The summed E-state index contributed by atoms with van der Waals surface area (Å²) in [5, 5.41) is 13.9. The van der Waals surface area contributed by atoms with Crippen LogP contribution in [0.2, 0.25) is 0 Å². The minimum absolute atomic E-state index is 0.0945. The number of aliphatic hydroxyl groups is 1. The summed E-state index contributed by atoms with van der Waals surface area (Å²) >= 11 is 0. The number of nitrogens with two attached hydrogens (primary N) is 1. The summed E-state index contributed by atoms with van der Waals surface area (Å²) in [6, 6.07) is 6.55. The molecule has 0 aliphatic rings. The molecule has 0 unspecified atom stereocenters. The molecule has 0 atom stereocenters. The van der Waals surface area contributed by atoms with Crippen LogP contribution in [0.3, 0.4) is 0 Å². The highest BCUT2D eigenvalue weighted by atomic mass is 16.3. The smallest absolute Gasteiger partial charge is 0.251 e. The van der Waals surface area contributed by atoms with Crippen molar-refractivity contribution in [2.24, 2.45) is 5.73 Å². The Morgan fingerprint density at radius 2 is 1.89 bits per heavy atom. The molecule has 104 valence electrons. The number of hydrogen-bond donors (Lipinski definition) is 4. The fraction of sp³-hybridized carbons (Fsp3) is 0.385. The van der Waals surface area contributed by atoms with E-state index in [1.54, 1.807) is 24.3 Å². The van der Waals surface area contributed by atoms with Crippen molar-refractivity contribution < 1.29 is 14.7 Å². The molecule has 1 rings (SSSR count). The van der Waals surface area contributed by atoms with Crippen LogP contribution in [0.4, 0.5) is 5.69 Å². The van der Waals surface area contributed by atoms with Crippen molar-refractivity contribution in [1.82, 2.24) is 5.32 Å². The van der Waals surface area contributed by atoms with E-state index in [2.05, 4.69) is 10.6 Å². The summed E-state index contributed by atoms with van der Waals surface area (Å²) in [6.07, 6.45) is 1.03. The summed E-state index contributed by atoms with van der Waals surface area (Å²) in [7, 11) is 0. The van der Waals surface area contributed by atoms with Crippen molar-refractivity contribution in [2.75, 3.05) is 25.0 Å². The maximum Gasteiger partial charge on any atom is 0.251 e. The van der Waals surface area contributed by atoms with Crippen LogP contribution < -0.4 is 16.4 Å². The van der Waals surface area contributed by atoms with Gasteiger partial charge in [0.15, 0.2) is 0 Å². The normalized spacial score (nSPS) is 10.0. The second-order valence-electron chi connectivity index (χ2n) is 4.00. The molecule has 19 heavy (non-hydrogen) atoms. The molecule has 6 heteroatoms. The van der Waals surface area contributed by atoms with Crippen LogP contribution in [-0.4, -0.2) is 36.6 Å². The highest BCUT2D eigenvalue weighted by molar-refractivity contribution is 5.95. The predicted molar refractivity (Wildman–Crippen MR) is 72.8 cm³/mol. The zero-order valence-electron chi connectivity index (χ0n) is 10.7. The third-order valence-corrected chi connectivity index (χ3v) is 2.44. The van der Waals surface area contributed by atoms with Gasteiger partial charge in [-0.3, -0.25) is 9.59 Å². The van der Waals surface area contributed by atoms with Gasteiger partial charge >= 0.3 is 0 Å². The van der Waals surface area contributed by atoms with E-state index in [4.69, 9.17) is 10.8 Å². The van der Waals surface area contributed by atoms with Crippen LogP contribution in [-0.2, 0) is 4.79 Å². The highest BCUT2D eigenvalue weighted by Crippen LogP contribution is 2.10. The highest BCUT2D eigenvalue weighted by Gasteiger charge is 2.05. The molecule has 0 heterocycles. The fourth-order valence-electron chi connectivity index (χ4n) is 1.46. The molecule has 0 aliphatic heterocycles. The number of anilines is 1. The molecule has 1 aromatic rings. The molecule has 0 radical (unpaired) electrons. The van der Waals surface area contributed by atoms with Crippen molar-refractivity contribution in [3.63, 3.8) is 0 Å². The Bertz CT molecular complexity index is 418. The van der Waals surface area contributed by atoms with Gasteiger partial charge in [0, 0.05) is 24.2 Å². The van der Waals surface area contributed by atoms with Crippen molar-refractivity contribution in [3.05, 3.63) is 29.8 Å². The van der Waals surface area contributed by atoms with Gasteiger partial charge in [-0.2, -0.15) is 0 Å². The molecule has 0 saturated heterocycles. The van der Waals surface area contributed by atoms with E-state index in [1.807, 2.05) is 0 Å². The molecule has 0 fully saturated rings. The Balaban J connectivity index is 2.51. The van der Waals surface area contributed by atoms with Crippen LogP contribution >= 0.6 is 0 Å². The number of rotatable bonds is 7. The van der Waals surface area contributed by atoms with Gasteiger partial charge in [0.25, 0.3) is 5.91 Å². The first-order valence-corrected chi connectivity index (χ1v) is 6.16. The third-order valence-electron chi connectivity index (χ3n) is 2.44. The van der Waals surface area contributed by atoms with Gasteiger partial charge in [-0.25, -0.2) is 0 Å². The minimum Gasteiger partial charge on any atom is -0.395 e. The summed E-state index contributed by atoms with van der Waals surface area (Å²) in [5.74, 6) is -0.349. The molecule has 0 aromatic heterocycles. The standard InChI is InChI=1S/C13H19N3O3/c14-7-1-2-12(18)16-11-5-3-10(4-6-11)13(19)15-8-9-17/h3-6,17H,1-2,7-9,14H2,(H,15,19)(H,16,18). The first-order valence-electron chi connectivity index (χ1n) is 6.16. The van der Waals surface area contributed by atoms with Gasteiger partial charge in [0.1, 0.15) is 0 Å². The van der Waals surface area contributed by atoms with Gasteiger partial charge < -0.3 is 21.5 Å². The minimum atomic E-state index is -0.255. The van der Waals surface area contributed by atoms with Crippen LogP contribution in [0, 0.1) is 0 Å². The van der Waals surface area contributed by atoms with Gasteiger partial charge in [-0.1, -0.05) is 0 Å². The first-order chi connectivity index (χ1) is 9.17. The number of carbonyl (C=O) groups excluding carboxylic acids is 2. The van der Waals surface area contributed by atoms with Crippen molar-refractivity contribution >= 4 is 17.5 Å². The summed E-state index contributed by atoms with van der Waals surface area (Å²) in [6.45, 7) is 0.606. The van der Waals surface area contributed by atoms with Crippen molar-refractivity contribution in [3.8, 4) is 0 Å². The maximum absolute atomic E-state index is 11.6. The molecule has 5 N–H and O–H groups in total. The Kier molecular flexibility index (Phi) is 6.56. The number of hydrogen-bond acceptors (Lipinski definition) is 4. The average Bonchev–Trinajstić information content (AvgIpc) is 2.43. The summed E-state index contributed by atoms with van der Waals surface area (Å²) < 4.78 is 0. The number of carbonyl (C=O) groups is 2. The zero-order chi connectivity index (χ0) is 14.1. The zero-order valence-corrected chi connectivity index (χ0v) is 10.7. The quantitative estimate of drug-likeness (QED) is 0.560. The van der Waals surface area contributed by atoms with Gasteiger partial charge in [-0.05, 0) is 37.2 Å². The second kappa shape index (κ2) is 8.23. The maximum atomic E-state index is 11.6. The summed E-state index contributed by atoms with van der Waals surface area (Å²) in [4.78, 5) is 23.0. The number of benzene rings is 1. The average molecular weight is 265 g/mol. The molecule has 6 nitrogen and oxygen atoms in total. The van der Waals surface area contributed by atoms with Gasteiger partial charge in [0.05, 0.1) is 6.61 Å². The lowest BCUT2D eigenvalue weighted by atomic mass is 10.2. The lowest BCUT2D eigenvalue weighted by Gasteiger charge is -2.06. The van der Waals surface area contributed by atoms with Crippen molar-refractivity contribution in [1.29, 1.82) is 0 Å². The Hall–Kier alpha value is -1.92. The largest absolute Gasteiger partial charge is 0.395 e. The van der Waals surface area contributed by atoms with E-state index in [0.29, 0.717) is 30.6 Å². The Morgan fingerprint density at radius 3 is 2.47 bits per heavy atom. The van der Waals surface area contributed by atoms with Gasteiger partial charge in [-0.15, -0.1) is 0 Å². The van der Waals surface area contributed by atoms with E-state index in [1.165, 1.54) is 0 Å². The van der Waals surface area contributed by atoms with E-state index in [9.17, 15) is 9.59 Å². The molecule has 0 saturated carbocycles. The number of nitrogens with one attached hydrogen (secondary N) is 2. The SMILES string of the molecule is NCCCC(=O)Nc1ccc(C(=O)NCCO)cc1. The lowest BCUT2D eigenvalue weighted by Crippen LogP contribution is -2.26. The molecule has 0 aliphatic carbocycles. The van der Waals surface area contributed by atoms with Crippen LogP contribution in [0.15, 0.2) is 24.3 Å². The molecular formula is C13H19N3O3. The van der Waals surface area contributed by atoms with E-state index >= 15 is 0 Å². The van der Waals surface area contributed by atoms with Gasteiger partial charge in [0.2, 0.25) is 5.91 Å². The first kappa shape index (κ1) is 15.1. The molecule has 0 bridgehead atoms. The number of amides is 2. The number of aliphatic hydroxyl groups excluding tert-OH is 1. The second-order valence-corrected chi connectivity index (χ2v) is 4.00. The third kappa shape index (κ3) is 5.50. The topological polar surface area (TPSA) is 104 Å².